The van der Waals surface area contributed by atoms with E-state index >= 15 is 0 Å². The number of hydrogen-bond acceptors (Lipinski definition) is 3. The summed E-state index contributed by atoms with van der Waals surface area (Å²) in [5.74, 6) is -0.489. The summed E-state index contributed by atoms with van der Waals surface area (Å²) >= 11 is 5.53. The molecular weight excluding hydrogens is 294 g/mol. The van der Waals surface area contributed by atoms with E-state index in [0.717, 1.165) is 31.4 Å². The molecule has 0 aromatic heterocycles. The number of nitrogens with zero attached hydrogens (tertiary/aromatic N) is 2. The molecule has 1 aromatic carbocycles. The normalized spacial score (nSPS) is 31.7. The van der Waals surface area contributed by atoms with Crippen LogP contribution in [0.25, 0.3) is 0 Å². The summed E-state index contributed by atoms with van der Waals surface area (Å²) in [4.78, 5) is 14.8. The fourth-order valence-electron chi connectivity index (χ4n) is 3.46. The van der Waals surface area contributed by atoms with E-state index in [4.69, 9.17) is 12.2 Å². The average molecular weight is 313 g/mol. The number of nitriles is 1. The Morgan fingerprint density at radius 3 is 2.55 bits per heavy atom. The molecule has 1 aliphatic heterocycles. The van der Waals surface area contributed by atoms with Crippen molar-refractivity contribution < 1.29 is 4.79 Å². The first-order valence-corrected chi connectivity index (χ1v) is 8.09. The molecule has 114 valence electrons. The third-order valence-electron chi connectivity index (χ3n) is 4.76. The van der Waals surface area contributed by atoms with Gasteiger partial charge in [-0.2, -0.15) is 5.26 Å². The molecule has 3 rings (SSSR count). The number of para-hydroxylation sites is 1. The van der Waals surface area contributed by atoms with Crippen LogP contribution in [-0.4, -0.2) is 16.6 Å². The van der Waals surface area contributed by atoms with Crippen LogP contribution >= 0.6 is 12.2 Å². The predicted octanol–water partition coefficient (Wildman–Crippen LogP) is 3.00. The lowest BCUT2D eigenvalue weighted by Gasteiger charge is -2.52. The lowest BCUT2D eigenvalue weighted by Crippen LogP contribution is -2.70. The minimum Gasteiger partial charge on any atom is -0.331 e. The van der Waals surface area contributed by atoms with Crippen LogP contribution in [0.1, 0.15) is 32.6 Å². The summed E-state index contributed by atoms with van der Waals surface area (Å²) in [5, 5.41) is 12.4. The van der Waals surface area contributed by atoms with E-state index in [-0.39, 0.29) is 5.91 Å². The van der Waals surface area contributed by atoms with E-state index in [2.05, 4.69) is 12.2 Å². The molecule has 1 spiro atoms. The number of nitrogens with one attached hydrogen (secondary N) is 1. The highest BCUT2D eigenvalue weighted by Crippen LogP contribution is 2.40. The number of rotatable bonds is 1. The first kappa shape index (κ1) is 15.0. The van der Waals surface area contributed by atoms with Crippen LogP contribution in [0.2, 0.25) is 0 Å². The van der Waals surface area contributed by atoms with Gasteiger partial charge in [-0.15, -0.1) is 0 Å². The molecule has 1 saturated carbocycles. The van der Waals surface area contributed by atoms with E-state index < -0.39 is 11.6 Å². The van der Waals surface area contributed by atoms with Gasteiger partial charge in [-0.05, 0) is 43.7 Å². The van der Waals surface area contributed by atoms with Gasteiger partial charge in [-0.1, -0.05) is 37.3 Å². The van der Waals surface area contributed by atoms with Crippen molar-refractivity contribution in [2.24, 2.45) is 11.8 Å². The number of carbonyl (C=O) groups excluding carboxylic acids is 1. The molecular formula is C17H19N3OS. The number of hydrogen-bond donors (Lipinski definition) is 1. The number of benzene rings is 1. The Morgan fingerprint density at radius 1 is 1.32 bits per heavy atom. The van der Waals surface area contributed by atoms with E-state index in [1.54, 1.807) is 0 Å². The molecule has 1 saturated heterocycles. The summed E-state index contributed by atoms with van der Waals surface area (Å²) in [6.07, 6.45) is 3.80. The Morgan fingerprint density at radius 2 is 1.95 bits per heavy atom. The van der Waals surface area contributed by atoms with Crippen molar-refractivity contribution in [2.75, 3.05) is 4.90 Å². The molecule has 1 heterocycles. The molecule has 0 radical (unpaired) electrons. The van der Waals surface area contributed by atoms with Gasteiger partial charge in [0, 0.05) is 5.69 Å². The number of carbonyl (C=O) groups is 1. The smallest absolute Gasteiger partial charge is 0.246 e. The third-order valence-corrected chi connectivity index (χ3v) is 5.18. The minimum atomic E-state index is -0.889. The topological polar surface area (TPSA) is 56.1 Å². The first-order chi connectivity index (χ1) is 10.6. The monoisotopic (exact) mass is 313 g/mol. The summed E-state index contributed by atoms with van der Waals surface area (Å²) in [6.45, 7) is 2.24. The van der Waals surface area contributed by atoms with Crippen molar-refractivity contribution in [3.8, 4) is 6.07 Å². The zero-order valence-corrected chi connectivity index (χ0v) is 13.4. The standard InChI is InChI=1S/C17H19N3OS/c1-12-7-9-17(10-8-12)19-15(21)14(11-18)16(22)20(17)13-5-3-2-4-6-13/h2-6,12,14H,7-10H2,1H3,(H,19,21). The number of amides is 1. The highest BCUT2D eigenvalue weighted by molar-refractivity contribution is 7.80. The molecule has 1 N–H and O–H groups in total. The molecule has 2 aliphatic rings. The third kappa shape index (κ3) is 2.38. The van der Waals surface area contributed by atoms with Crippen LogP contribution in [-0.2, 0) is 4.79 Å². The van der Waals surface area contributed by atoms with Crippen molar-refractivity contribution in [2.45, 2.75) is 38.3 Å². The second-order valence-electron chi connectivity index (χ2n) is 6.27. The molecule has 0 bridgehead atoms. The van der Waals surface area contributed by atoms with Gasteiger partial charge < -0.3 is 10.2 Å². The van der Waals surface area contributed by atoms with Crippen LogP contribution in [0.4, 0.5) is 5.69 Å². The highest BCUT2D eigenvalue weighted by atomic mass is 32.1. The fraction of sp³-hybridized carbons (Fsp3) is 0.471. The average Bonchev–Trinajstić information content (AvgIpc) is 2.51. The number of anilines is 1. The Hall–Kier alpha value is -1.93. The van der Waals surface area contributed by atoms with Crippen LogP contribution in [0, 0.1) is 23.2 Å². The predicted molar refractivity (Wildman–Crippen MR) is 89.1 cm³/mol. The van der Waals surface area contributed by atoms with Gasteiger partial charge in [0.2, 0.25) is 5.91 Å². The quantitative estimate of drug-likeness (QED) is 0.810. The van der Waals surface area contributed by atoms with Gasteiger partial charge in [-0.3, -0.25) is 4.79 Å². The molecule has 1 amide bonds. The van der Waals surface area contributed by atoms with Crippen molar-refractivity contribution >= 4 is 28.8 Å². The minimum absolute atomic E-state index is 0.255. The summed E-state index contributed by atoms with van der Waals surface area (Å²) in [6, 6.07) is 11.9. The van der Waals surface area contributed by atoms with Gasteiger partial charge in [0.15, 0.2) is 5.92 Å². The maximum atomic E-state index is 12.3. The number of thiocarbonyl (C=S) groups is 1. The molecule has 1 aliphatic carbocycles. The van der Waals surface area contributed by atoms with Crippen molar-refractivity contribution in [3.63, 3.8) is 0 Å². The highest BCUT2D eigenvalue weighted by Gasteiger charge is 2.50. The summed E-state index contributed by atoms with van der Waals surface area (Å²) in [5.41, 5.74) is 0.470. The van der Waals surface area contributed by atoms with Crippen LogP contribution in [0.3, 0.4) is 0 Å². The molecule has 5 heteroatoms. The second-order valence-corrected chi connectivity index (χ2v) is 6.69. The Balaban J connectivity index is 2.05. The van der Waals surface area contributed by atoms with Crippen molar-refractivity contribution in [3.05, 3.63) is 30.3 Å². The van der Waals surface area contributed by atoms with E-state index in [9.17, 15) is 10.1 Å². The Bertz CT molecular complexity index is 629. The molecule has 1 unspecified atom stereocenters. The molecule has 1 aromatic rings. The Labute approximate surface area is 136 Å². The van der Waals surface area contributed by atoms with Crippen molar-refractivity contribution in [1.29, 1.82) is 5.26 Å². The molecule has 1 atom stereocenters. The van der Waals surface area contributed by atoms with Gasteiger partial charge in [0.1, 0.15) is 10.7 Å². The van der Waals surface area contributed by atoms with Gasteiger partial charge in [-0.25, -0.2) is 0 Å². The maximum absolute atomic E-state index is 12.3. The van der Waals surface area contributed by atoms with Gasteiger partial charge in [0.25, 0.3) is 0 Å². The molecule has 4 nitrogen and oxygen atoms in total. The van der Waals surface area contributed by atoms with Crippen LogP contribution < -0.4 is 10.2 Å². The van der Waals surface area contributed by atoms with Crippen molar-refractivity contribution in [1.82, 2.24) is 5.32 Å². The lowest BCUT2D eigenvalue weighted by atomic mass is 9.79. The largest absolute Gasteiger partial charge is 0.331 e. The second kappa shape index (κ2) is 5.69. The SMILES string of the molecule is CC1CCC2(CC1)NC(=O)C(C#N)C(=S)N2c1ccccc1. The maximum Gasteiger partial charge on any atom is 0.246 e. The van der Waals surface area contributed by atoms with E-state index in [1.807, 2.05) is 41.3 Å². The van der Waals surface area contributed by atoms with Gasteiger partial charge in [0.05, 0.1) is 6.07 Å². The van der Waals surface area contributed by atoms with Crippen LogP contribution in [0.15, 0.2) is 30.3 Å². The molecule has 2 fully saturated rings. The summed E-state index contributed by atoms with van der Waals surface area (Å²) < 4.78 is 0. The van der Waals surface area contributed by atoms with Gasteiger partial charge >= 0.3 is 0 Å². The van der Waals surface area contributed by atoms with E-state index in [0.29, 0.717) is 10.9 Å². The fourth-order valence-corrected chi connectivity index (χ4v) is 3.90. The Kier molecular flexibility index (Phi) is 3.88. The zero-order valence-electron chi connectivity index (χ0n) is 12.6. The summed E-state index contributed by atoms with van der Waals surface area (Å²) in [7, 11) is 0. The lowest BCUT2D eigenvalue weighted by molar-refractivity contribution is -0.125. The zero-order chi connectivity index (χ0) is 15.7. The van der Waals surface area contributed by atoms with E-state index in [1.165, 1.54) is 0 Å². The van der Waals surface area contributed by atoms with Crippen LogP contribution in [0.5, 0.6) is 0 Å². The first-order valence-electron chi connectivity index (χ1n) is 7.68. The molecule has 22 heavy (non-hydrogen) atoms.